The first-order chi connectivity index (χ1) is 11.7. The van der Waals surface area contributed by atoms with Gasteiger partial charge in [0.25, 0.3) is 5.89 Å². The minimum absolute atomic E-state index is 0.112. The molecule has 9 heteroatoms. The number of esters is 1. The maximum Gasteiger partial charge on any atom is 0.344 e. The SMILES string of the molecule is Cc1nn2cccnc2c1C(=O)OCc1nc(-c2ccsc2)no1. The van der Waals surface area contributed by atoms with Gasteiger partial charge in [-0.3, -0.25) is 0 Å². The Labute approximate surface area is 139 Å². The number of aromatic nitrogens is 5. The van der Waals surface area contributed by atoms with Crippen LogP contribution in [-0.4, -0.2) is 30.7 Å². The van der Waals surface area contributed by atoms with Crippen LogP contribution in [0.2, 0.25) is 0 Å². The molecule has 0 saturated heterocycles. The van der Waals surface area contributed by atoms with Crippen molar-refractivity contribution < 1.29 is 14.1 Å². The van der Waals surface area contributed by atoms with Crippen LogP contribution < -0.4 is 0 Å². The van der Waals surface area contributed by atoms with E-state index in [9.17, 15) is 4.79 Å². The van der Waals surface area contributed by atoms with Gasteiger partial charge in [-0.15, -0.1) is 0 Å². The highest BCUT2D eigenvalue weighted by molar-refractivity contribution is 7.08. The highest BCUT2D eigenvalue weighted by Crippen LogP contribution is 2.19. The van der Waals surface area contributed by atoms with Crippen LogP contribution in [0.3, 0.4) is 0 Å². The fourth-order valence-corrected chi connectivity index (χ4v) is 2.89. The molecule has 0 radical (unpaired) electrons. The van der Waals surface area contributed by atoms with Gasteiger partial charge in [0.1, 0.15) is 5.56 Å². The third-order valence-electron chi connectivity index (χ3n) is 3.35. The Kier molecular flexibility index (Phi) is 3.54. The van der Waals surface area contributed by atoms with E-state index in [1.165, 1.54) is 15.9 Å². The molecular weight excluding hydrogens is 330 g/mol. The van der Waals surface area contributed by atoms with E-state index in [0.717, 1.165) is 5.56 Å². The predicted octanol–water partition coefficient (Wildman–Crippen LogP) is 2.51. The Morgan fingerprint density at radius 1 is 1.46 bits per heavy atom. The molecule has 24 heavy (non-hydrogen) atoms. The molecule has 4 aromatic heterocycles. The number of nitrogens with zero attached hydrogens (tertiary/aromatic N) is 5. The molecule has 8 nitrogen and oxygen atoms in total. The Hall–Kier alpha value is -3.07. The molecule has 0 fully saturated rings. The first-order valence-corrected chi connectivity index (χ1v) is 7.99. The molecule has 0 aliphatic carbocycles. The Bertz CT molecular complexity index is 1010. The Morgan fingerprint density at radius 2 is 2.38 bits per heavy atom. The number of fused-ring (bicyclic) bond motifs is 1. The van der Waals surface area contributed by atoms with Gasteiger partial charge in [-0.05, 0) is 24.4 Å². The van der Waals surface area contributed by atoms with Gasteiger partial charge < -0.3 is 9.26 Å². The number of aryl methyl sites for hydroxylation is 1. The molecule has 0 amide bonds. The molecule has 0 spiro atoms. The summed E-state index contributed by atoms with van der Waals surface area (Å²) in [5.41, 5.74) is 2.19. The first-order valence-electron chi connectivity index (χ1n) is 7.04. The van der Waals surface area contributed by atoms with Gasteiger partial charge in [-0.1, -0.05) is 5.16 Å². The quantitative estimate of drug-likeness (QED) is 0.526. The summed E-state index contributed by atoms with van der Waals surface area (Å²) in [5, 5.41) is 11.9. The second kappa shape index (κ2) is 5.85. The van der Waals surface area contributed by atoms with Crippen molar-refractivity contribution in [3.8, 4) is 11.4 Å². The van der Waals surface area contributed by atoms with Crippen LogP contribution in [0.15, 0.2) is 39.8 Å². The van der Waals surface area contributed by atoms with Crippen molar-refractivity contribution >= 4 is 23.0 Å². The normalized spacial score (nSPS) is 11.0. The van der Waals surface area contributed by atoms with Gasteiger partial charge >= 0.3 is 5.97 Å². The minimum Gasteiger partial charge on any atom is -0.452 e. The molecular formula is C15H11N5O3S. The number of thiophene rings is 1. The van der Waals surface area contributed by atoms with E-state index in [0.29, 0.717) is 22.7 Å². The zero-order valence-corrected chi connectivity index (χ0v) is 13.4. The van der Waals surface area contributed by atoms with E-state index in [2.05, 4.69) is 20.2 Å². The molecule has 0 aliphatic rings. The van der Waals surface area contributed by atoms with Crippen LogP contribution in [0, 0.1) is 6.92 Å². The smallest absolute Gasteiger partial charge is 0.344 e. The maximum atomic E-state index is 12.3. The highest BCUT2D eigenvalue weighted by Gasteiger charge is 2.20. The van der Waals surface area contributed by atoms with Gasteiger partial charge in [0, 0.05) is 23.3 Å². The largest absolute Gasteiger partial charge is 0.452 e. The average molecular weight is 341 g/mol. The molecule has 0 aliphatic heterocycles. The lowest BCUT2D eigenvalue weighted by molar-refractivity contribution is 0.0431. The molecule has 0 aromatic carbocycles. The zero-order chi connectivity index (χ0) is 16.5. The van der Waals surface area contributed by atoms with Gasteiger partial charge in [0.15, 0.2) is 12.3 Å². The Balaban J connectivity index is 1.51. The van der Waals surface area contributed by atoms with Crippen molar-refractivity contribution in [2.45, 2.75) is 13.5 Å². The predicted molar refractivity (Wildman–Crippen MR) is 84.5 cm³/mol. The molecule has 0 unspecified atom stereocenters. The summed E-state index contributed by atoms with van der Waals surface area (Å²) in [6.07, 6.45) is 3.32. The van der Waals surface area contributed by atoms with Gasteiger partial charge in [-0.2, -0.15) is 21.4 Å². The van der Waals surface area contributed by atoms with Crippen LogP contribution in [-0.2, 0) is 11.3 Å². The van der Waals surface area contributed by atoms with E-state index in [4.69, 9.17) is 9.26 Å². The van der Waals surface area contributed by atoms with Crippen molar-refractivity contribution in [1.29, 1.82) is 0 Å². The van der Waals surface area contributed by atoms with Gasteiger partial charge in [-0.25, -0.2) is 14.3 Å². The topological polar surface area (TPSA) is 95.4 Å². The number of hydrogen-bond acceptors (Lipinski definition) is 8. The number of rotatable bonds is 4. The van der Waals surface area contributed by atoms with E-state index >= 15 is 0 Å². The Morgan fingerprint density at radius 3 is 3.21 bits per heavy atom. The molecule has 0 N–H and O–H groups in total. The zero-order valence-electron chi connectivity index (χ0n) is 12.5. The van der Waals surface area contributed by atoms with Gasteiger partial charge in [0.05, 0.1) is 5.69 Å². The molecule has 0 bridgehead atoms. The van der Waals surface area contributed by atoms with Crippen LogP contribution >= 0.6 is 11.3 Å². The minimum atomic E-state index is -0.531. The molecule has 0 atom stereocenters. The van der Waals surface area contributed by atoms with Crippen molar-refractivity contribution in [3.63, 3.8) is 0 Å². The summed E-state index contributed by atoms with van der Waals surface area (Å²) < 4.78 is 11.9. The summed E-state index contributed by atoms with van der Waals surface area (Å²) in [5.74, 6) is 0.166. The second-order valence-electron chi connectivity index (χ2n) is 4.95. The van der Waals surface area contributed by atoms with Crippen LogP contribution in [0.4, 0.5) is 0 Å². The molecule has 120 valence electrons. The van der Waals surface area contributed by atoms with E-state index in [-0.39, 0.29) is 12.5 Å². The highest BCUT2D eigenvalue weighted by atomic mass is 32.1. The molecule has 4 heterocycles. The lowest BCUT2D eigenvalue weighted by Gasteiger charge is -2.00. The van der Waals surface area contributed by atoms with Crippen molar-refractivity contribution in [1.82, 2.24) is 24.7 Å². The number of carbonyl (C=O) groups excluding carboxylic acids is 1. The summed E-state index contributed by atoms with van der Waals surface area (Å²) in [6.45, 7) is 1.62. The van der Waals surface area contributed by atoms with E-state index in [1.54, 1.807) is 25.4 Å². The average Bonchev–Trinajstić information content (AvgIpc) is 3.31. The van der Waals surface area contributed by atoms with Crippen LogP contribution in [0.1, 0.15) is 21.9 Å². The standard InChI is InChI=1S/C15H11N5O3S/c1-9-12(14-16-4-2-5-20(14)18-9)15(21)22-7-11-17-13(19-23-11)10-3-6-24-8-10/h2-6,8H,7H2,1H3. The summed E-state index contributed by atoms with van der Waals surface area (Å²) >= 11 is 1.54. The number of ether oxygens (including phenoxy) is 1. The van der Waals surface area contributed by atoms with Crippen LogP contribution in [0.25, 0.3) is 17.0 Å². The summed E-state index contributed by atoms with van der Waals surface area (Å²) in [7, 11) is 0. The van der Waals surface area contributed by atoms with Crippen LogP contribution in [0.5, 0.6) is 0 Å². The number of hydrogen-bond donors (Lipinski definition) is 0. The summed E-state index contributed by atoms with van der Waals surface area (Å²) in [4.78, 5) is 20.7. The lowest BCUT2D eigenvalue weighted by atomic mass is 10.2. The molecule has 4 rings (SSSR count). The maximum absolute atomic E-state index is 12.3. The summed E-state index contributed by atoms with van der Waals surface area (Å²) in [6, 6.07) is 3.62. The van der Waals surface area contributed by atoms with Crippen molar-refractivity contribution in [2.75, 3.05) is 0 Å². The van der Waals surface area contributed by atoms with E-state index in [1.807, 2.05) is 16.8 Å². The monoisotopic (exact) mass is 341 g/mol. The number of carbonyl (C=O) groups is 1. The third kappa shape index (κ3) is 2.54. The van der Waals surface area contributed by atoms with Gasteiger partial charge in [0.2, 0.25) is 5.82 Å². The fraction of sp³-hybridized carbons (Fsp3) is 0.133. The molecule has 4 aromatic rings. The third-order valence-corrected chi connectivity index (χ3v) is 4.03. The lowest BCUT2D eigenvalue weighted by Crippen LogP contribution is -2.07. The second-order valence-corrected chi connectivity index (χ2v) is 5.73. The fourth-order valence-electron chi connectivity index (χ4n) is 2.26. The van der Waals surface area contributed by atoms with Crippen molar-refractivity contribution in [2.24, 2.45) is 0 Å². The molecule has 0 saturated carbocycles. The first kappa shape index (κ1) is 14.5. The van der Waals surface area contributed by atoms with Crippen molar-refractivity contribution in [3.05, 3.63) is 52.4 Å². The van der Waals surface area contributed by atoms with E-state index < -0.39 is 5.97 Å².